The number of halogens is 2. The van der Waals surface area contributed by atoms with Crippen molar-refractivity contribution >= 4 is 26.0 Å². The third-order valence-electron chi connectivity index (χ3n) is 2.46. The molecule has 0 fully saturated rings. The Labute approximate surface area is 116 Å². The van der Waals surface area contributed by atoms with E-state index in [9.17, 15) is 12.8 Å². The van der Waals surface area contributed by atoms with Gasteiger partial charge in [0.15, 0.2) is 0 Å². The minimum Gasteiger partial charge on any atom is -0.308 e. The molecule has 0 aliphatic heterocycles. The summed E-state index contributed by atoms with van der Waals surface area (Å²) in [6.45, 7) is 0.960. The largest absolute Gasteiger partial charge is 0.308 e. The van der Waals surface area contributed by atoms with Crippen LogP contribution in [0.25, 0.3) is 0 Å². The number of hydrogen-bond donors (Lipinski definition) is 0. The lowest BCUT2D eigenvalue weighted by atomic mass is 10.3. The zero-order valence-corrected chi connectivity index (χ0v) is 12.9. The fourth-order valence-electron chi connectivity index (χ4n) is 1.28. The SMILES string of the molecule is CN(C)CCN(C)S(=O)(=O)c1ccc(Br)c(F)c1. The Bertz CT molecular complexity index is 520. The number of likely N-dealkylation sites (N-methyl/N-ethyl adjacent to an activating group) is 2. The Morgan fingerprint density at radius 2 is 1.83 bits per heavy atom. The first-order chi connectivity index (χ1) is 8.25. The molecule has 4 nitrogen and oxygen atoms in total. The summed E-state index contributed by atoms with van der Waals surface area (Å²) in [6.07, 6.45) is 0. The van der Waals surface area contributed by atoms with Crippen molar-refractivity contribution in [1.29, 1.82) is 0 Å². The molecule has 0 aliphatic rings. The van der Waals surface area contributed by atoms with Crippen molar-refractivity contribution in [1.82, 2.24) is 9.21 Å². The van der Waals surface area contributed by atoms with Crippen LogP contribution < -0.4 is 0 Å². The van der Waals surface area contributed by atoms with Gasteiger partial charge in [0, 0.05) is 20.1 Å². The predicted octanol–water partition coefficient (Wildman–Crippen LogP) is 1.77. The minimum atomic E-state index is -3.63. The Morgan fingerprint density at radius 3 is 2.33 bits per heavy atom. The van der Waals surface area contributed by atoms with Gasteiger partial charge in [-0.25, -0.2) is 12.8 Å². The average Bonchev–Trinajstić information content (AvgIpc) is 2.29. The van der Waals surface area contributed by atoms with E-state index < -0.39 is 15.8 Å². The highest BCUT2D eigenvalue weighted by molar-refractivity contribution is 9.10. The first kappa shape index (κ1) is 15.6. The van der Waals surface area contributed by atoms with Gasteiger partial charge in [0.25, 0.3) is 0 Å². The quantitative estimate of drug-likeness (QED) is 0.821. The second kappa shape index (κ2) is 6.10. The first-order valence-corrected chi connectivity index (χ1v) is 7.54. The maximum Gasteiger partial charge on any atom is 0.242 e. The summed E-state index contributed by atoms with van der Waals surface area (Å²) in [7, 11) is 1.58. The van der Waals surface area contributed by atoms with Crippen molar-refractivity contribution in [2.75, 3.05) is 34.2 Å². The van der Waals surface area contributed by atoms with Crippen LogP contribution in [0.15, 0.2) is 27.6 Å². The van der Waals surface area contributed by atoms with E-state index in [1.54, 1.807) is 0 Å². The van der Waals surface area contributed by atoms with Crippen LogP contribution in [0.5, 0.6) is 0 Å². The Hall–Kier alpha value is -0.500. The molecule has 0 heterocycles. The monoisotopic (exact) mass is 338 g/mol. The maximum absolute atomic E-state index is 13.3. The van der Waals surface area contributed by atoms with Gasteiger partial charge in [0.05, 0.1) is 9.37 Å². The lowest BCUT2D eigenvalue weighted by Gasteiger charge is -2.19. The lowest BCUT2D eigenvalue weighted by molar-refractivity contribution is 0.358. The number of rotatable bonds is 5. The van der Waals surface area contributed by atoms with Crippen molar-refractivity contribution in [3.8, 4) is 0 Å². The molecule has 1 aromatic carbocycles. The topological polar surface area (TPSA) is 40.6 Å². The standard InChI is InChI=1S/C11H16BrFN2O2S/c1-14(2)6-7-15(3)18(16,17)9-4-5-10(12)11(13)8-9/h4-5,8H,6-7H2,1-3H3. The highest BCUT2D eigenvalue weighted by atomic mass is 79.9. The van der Waals surface area contributed by atoms with Gasteiger partial charge in [0.1, 0.15) is 5.82 Å². The third kappa shape index (κ3) is 3.74. The number of hydrogen-bond acceptors (Lipinski definition) is 3. The molecule has 0 bridgehead atoms. The number of sulfonamides is 1. The minimum absolute atomic E-state index is 0.0375. The van der Waals surface area contributed by atoms with Gasteiger partial charge >= 0.3 is 0 Å². The van der Waals surface area contributed by atoms with Gasteiger partial charge in [0.2, 0.25) is 10.0 Å². The van der Waals surface area contributed by atoms with Crippen molar-refractivity contribution in [3.05, 3.63) is 28.5 Å². The molecule has 0 atom stereocenters. The van der Waals surface area contributed by atoms with Crippen LogP contribution in [0.4, 0.5) is 4.39 Å². The van der Waals surface area contributed by atoms with Crippen molar-refractivity contribution in [3.63, 3.8) is 0 Å². The fraction of sp³-hybridized carbons (Fsp3) is 0.455. The number of nitrogens with zero attached hydrogens (tertiary/aromatic N) is 2. The Balaban J connectivity index is 2.95. The van der Waals surface area contributed by atoms with Gasteiger partial charge in [-0.1, -0.05) is 0 Å². The smallest absolute Gasteiger partial charge is 0.242 e. The van der Waals surface area contributed by atoms with Crippen LogP contribution in [-0.4, -0.2) is 51.9 Å². The number of benzene rings is 1. The van der Waals surface area contributed by atoms with E-state index in [2.05, 4.69) is 15.9 Å². The molecule has 1 rings (SSSR count). The Morgan fingerprint density at radius 1 is 1.22 bits per heavy atom. The zero-order chi connectivity index (χ0) is 13.9. The van der Waals surface area contributed by atoms with E-state index in [-0.39, 0.29) is 9.37 Å². The third-order valence-corrected chi connectivity index (χ3v) is 4.96. The van der Waals surface area contributed by atoms with Crippen LogP contribution >= 0.6 is 15.9 Å². The molecule has 0 saturated heterocycles. The van der Waals surface area contributed by atoms with Gasteiger partial charge in [-0.3, -0.25) is 0 Å². The molecular weight excluding hydrogens is 323 g/mol. The predicted molar refractivity (Wildman–Crippen MR) is 72.5 cm³/mol. The molecule has 0 amide bonds. The molecule has 0 aromatic heterocycles. The molecule has 0 saturated carbocycles. The summed E-state index contributed by atoms with van der Waals surface area (Å²) in [4.78, 5) is 1.85. The summed E-state index contributed by atoms with van der Waals surface area (Å²) in [5.74, 6) is -0.586. The van der Waals surface area contributed by atoms with Gasteiger partial charge in [-0.05, 0) is 48.2 Å². The molecule has 102 valence electrons. The molecule has 7 heteroatoms. The average molecular weight is 339 g/mol. The molecule has 18 heavy (non-hydrogen) atoms. The zero-order valence-electron chi connectivity index (χ0n) is 10.5. The molecule has 0 unspecified atom stereocenters. The second-order valence-electron chi connectivity index (χ2n) is 4.21. The molecule has 0 radical (unpaired) electrons. The summed E-state index contributed by atoms with van der Waals surface area (Å²) in [6, 6.07) is 3.79. The van der Waals surface area contributed by atoms with Gasteiger partial charge in [-0.15, -0.1) is 0 Å². The van der Waals surface area contributed by atoms with E-state index in [0.717, 1.165) is 6.07 Å². The summed E-state index contributed by atoms with van der Waals surface area (Å²) >= 11 is 2.99. The molecule has 0 N–H and O–H groups in total. The maximum atomic E-state index is 13.3. The molecular formula is C11H16BrFN2O2S. The Kier molecular flexibility index (Phi) is 5.27. The van der Waals surface area contributed by atoms with Crippen molar-refractivity contribution in [2.24, 2.45) is 0 Å². The normalized spacial score (nSPS) is 12.4. The van der Waals surface area contributed by atoms with Crippen LogP contribution in [0.3, 0.4) is 0 Å². The molecule has 0 spiro atoms. The van der Waals surface area contributed by atoms with Crippen LogP contribution in [0, 0.1) is 5.82 Å². The second-order valence-corrected chi connectivity index (χ2v) is 7.10. The highest BCUT2D eigenvalue weighted by Gasteiger charge is 2.21. The van der Waals surface area contributed by atoms with E-state index in [1.807, 2.05) is 19.0 Å². The van der Waals surface area contributed by atoms with Gasteiger partial charge < -0.3 is 4.90 Å². The van der Waals surface area contributed by atoms with Gasteiger partial charge in [-0.2, -0.15) is 4.31 Å². The van der Waals surface area contributed by atoms with Crippen LogP contribution in [-0.2, 0) is 10.0 Å². The summed E-state index contributed by atoms with van der Waals surface area (Å²) in [5.41, 5.74) is 0. The van der Waals surface area contributed by atoms with E-state index in [0.29, 0.717) is 13.1 Å². The summed E-state index contributed by atoms with van der Waals surface area (Å²) < 4.78 is 39.1. The first-order valence-electron chi connectivity index (χ1n) is 5.31. The van der Waals surface area contributed by atoms with E-state index >= 15 is 0 Å². The fourth-order valence-corrected chi connectivity index (χ4v) is 2.70. The van der Waals surface area contributed by atoms with E-state index in [4.69, 9.17) is 0 Å². The summed E-state index contributed by atoms with van der Waals surface area (Å²) in [5, 5.41) is 0. The molecule has 0 aliphatic carbocycles. The van der Waals surface area contributed by atoms with Crippen LogP contribution in [0.2, 0.25) is 0 Å². The van der Waals surface area contributed by atoms with Crippen molar-refractivity contribution < 1.29 is 12.8 Å². The highest BCUT2D eigenvalue weighted by Crippen LogP contribution is 2.21. The van der Waals surface area contributed by atoms with Crippen molar-refractivity contribution in [2.45, 2.75) is 4.90 Å². The molecule has 1 aromatic rings. The van der Waals surface area contributed by atoms with Crippen LogP contribution in [0.1, 0.15) is 0 Å². The lowest BCUT2D eigenvalue weighted by Crippen LogP contribution is -2.33. The van der Waals surface area contributed by atoms with E-state index in [1.165, 1.54) is 23.5 Å².